The highest BCUT2D eigenvalue weighted by Gasteiger charge is 2.11. The smallest absolute Gasteiger partial charge is 0.124 e. The monoisotopic (exact) mass is 225 g/mol. The normalized spacial score (nSPS) is 10.0. The molecule has 0 fully saturated rings. The van der Waals surface area contributed by atoms with Gasteiger partial charge in [0.25, 0.3) is 0 Å². The van der Waals surface area contributed by atoms with E-state index in [2.05, 4.69) is 4.98 Å². The summed E-state index contributed by atoms with van der Waals surface area (Å²) < 4.78 is 0. The number of aliphatic hydroxyl groups excluding tert-OH is 1. The Kier molecular flexibility index (Phi) is 4.45. The van der Waals surface area contributed by atoms with E-state index in [4.69, 9.17) is 23.1 Å². The van der Waals surface area contributed by atoms with Crippen LogP contribution in [0.3, 0.4) is 0 Å². The molecule has 82 valence electrons. The Morgan fingerprint density at radius 3 is 2.93 bits per heavy atom. The van der Waals surface area contributed by atoms with E-state index in [9.17, 15) is 0 Å². The molecule has 5 heteroatoms. The van der Waals surface area contributed by atoms with Gasteiger partial charge in [-0.25, -0.2) is 0 Å². The summed E-state index contributed by atoms with van der Waals surface area (Å²) in [5, 5.41) is 8.93. The van der Waals surface area contributed by atoms with Gasteiger partial charge < -0.3 is 15.7 Å². The minimum atomic E-state index is 0.0967. The summed E-state index contributed by atoms with van der Waals surface area (Å²) in [7, 11) is 0. The van der Waals surface area contributed by atoms with Crippen molar-refractivity contribution < 1.29 is 5.11 Å². The third kappa shape index (κ3) is 2.87. The van der Waals surface area contributed by atoms with Gasteiger partial charge in [0.05, 0.1) is 12.3 Å². The summed E-state index contributed by atoms with van der Waals surface area (Å²) in [4.78, 5) is 6.41. The molecule has 15 heavy (non-hydrogen) atoms. The molecule has 0 atom stereocenters. The van der Waals surface area contributed by atoms with E-state index in [0.29, 0.717) is 12.2 Å². The van der Waals surface area contributed by atoms with Gasteiger partial charge in [0.15, 0.2) is 0 Å². The van der Waals surface area contributed by atoms with Crippen molar-refractivity contribution >= 4 is 22.9 Å². The number of pyridine rings is 1. The van der Waals surface area contributed by atoms with Crippen LogP contribution in [0.1, 0.15) is 12.6 Å². The number of aliphatic hydroxyl groups is 1. The molecule has 0 unspecified atom stereocenters. The maximum atomic E-state index is 8.93. The van der Waals surface area contributed by atoms with Crippen LogP contribution in [0.5, 0.6) is 0 Å². The van der Waals surface area contributed by atoms with Crippen molar-refractivity contribution in [3.8, 4) is 0 Å². The molecule has 1 heterocycles. The molecule has 0 radical (unpaired) electrons. The van der Waals surface area contributed by atoms with Gasteiger partial charge >= 0.3 is 0 Å². The lowest BCUT2D eigenvalue weighted by atomic mass is 10.2. The summed E-state index contributed by atoms with van der Waals surface area (Å²) >= 11 is 4.93. The predicted molar refractivity (Wildman–Crippen MR) is 65.1 cm³/mol. The standard InChI is InChI=1S/C10H15N3OS/c1-2-13(6-7-14)8-4-3-5-12-9(8)10(11)15/h3-5,14H,2,6-7H2,1H3,(H2,11,15). The summed E-state index contributed by atoms with van der Waals surface area (Å²) in [6, 6.07) is 3.73. The number of hydrogen-bond donors (Lipinski definition) is 2. The second kappa shape index (κ2) is 5.63. The van der Waals surface area contributed by atoms with Crippen molar-refractivity contribution in [3.05, 3.63) is 24.0 Å². The van der Waals surface area contributed by atoms with Crippen LogP contribution in [0.15, 0.2) is 18.3 Å². The molecule has 1 rings (SSSR count). The van der Waals surface area contributed by atoms with Crippen molar-refractivity contribution in [2.24, 2.45) is 5.73 Å². The van der Waals surface area contributed by atoms with Crippen LogP contribution in [0.25, 0.3) is 0 Å². The minimum Gasteiger partial charge on any atom is -0.395 e. The van der Waals surface area contributed by atoms with Crippen molar-refractivity contribution in [3.63, 3.8) is 0 Å². The van der Waals surface area contributed by atoms with Gasteiger partial charge in [-0.1, -0.05) is 12.2 Å². The molecule has 0 saturated carbocycles. The average Bonchev–Trinajstić information content (AvgIpc) is 2.26. The molecule has 1 aromatic rings. The van der Waals surface area contributed by atoms with Crippen molar-refractivity contribution in [2.45, 2.75) is 6.92 Å². The maximum absolute atomic E-state index is 8.93. The quantitative estimate of drug-likeness (QED) is 0.716. The summed E-state index contributed by atoms with van der Waals surface area (Å²) in [5.74, 6) is 0. The highest BCUT2D eigenvalue weighted by Crippen LogP contribution is 2.17. The van der Waals surface area contributed by atoms with Gasteiger partial charge in [0.2, 0.25) is 0 Å². The largest absolute Gasteiger partial charge is 0.395 e. The fourth-order valence-corrected chi connectivity index (χ4v) is 1.57. The van der Waals surface area contributed by atoms with E-state index in [1.54, 1.807) is 6.20 Å². The molecular formula is C10H15N3OS. The first-order valence-corrected chi connectivity index (χ1v) is 5.22. The van der Waals surface area contributed by atoms with E-state index < -0.39 is 0 Å². The highest BCUT2D eigenvalue weighted by molar-refractivity contribution is 7.80. The fraction of sp³-hybridized carbons (Fsp3) is 0.400. The molecule has 0 aliphatic rings. The van der Waals surface area contributed by atoms with Crippen LogP contribution in [-0.2, 0) is 0 Å². The van der Waals surface area contributed by atoms with Crippen molar-refractivity contribution in [2.75, 3.05) is 24.6 Å². The molecule has 0 bridgehead atoms. The predicted octanol–water partition coefficient (Wildman–Crippen LogP) is 0.534. The molecule has 3 N–H and O–H groups in total. The zero-order valence-corrected chi connectivity index (χ0v) is 9.50. The van der Waals surface area contributed by atoms with Gasteiger partial charge in [-0.2, -0.15) is 0 Å². The SMILES string of the molecule is CCN(CCO)c1cccnc1C(N)=S. The van der Waals surface area contributed by atoms with Crippen LogP contribution < -0.4 is 10.6 Å². The number of thiocarbonyl (C=S) groups is 1. The number of nitrogens with zero attached hydrogens (tertiary/aromatic N) is 2. The number of aromatic nitrogens is 1. The van der Waals surface area contributed by atoms with Crippen LogP contribution in [0.2, 0.25) is 0 Å². The Morgan fingerprint density at radius 2 is 2.40 bits per heavy atom. The molecule has 4 nitrogen and oxygen atoms in total. The molecule has 0 spiro atoms. The third-order valence-corrected chi connectivity index (χ3v) is 2.31. The fourth-order valence-electron chi connectivity index (χ4n) is 1.41. The molecule has 0 aromatic carbocycles. The number of anilines is 1. The Labute approximate surface area is 94.7 Å². The third-order valence-electron chi connectivity index (χ3n) is 2.11. The molecule has 0 amide bonds. The lowest BCUT2D eigenvalue weighted by molar-refractivity contribution is 0.302. The zero-order chi connectivity index (χ0) is 11.3. The molecule has 0 saturated heterocycles. The zero-order valence-electron chi connectivity index (χ0n) is 8.68. The van der Waals surface area contributed by atoms with E-state index >= 15 is 0 Å². The van der Waals surface area contributed by atoms with E-state index in [1.807, 2.05) is 24.0 Å². The molecular weight excluding hydrogens is 210 g/mol. The molecule has 0 aliphatic carbocycles. The van der Waals surface area contributed by atoms with Crippen molar-refractivity contribution in [1.29, 1.82) is 0 Å². The van der Waals surface area contributed by atoms with Gasteiger partial charge in [0.1, 0.15) is 10.7 Å². The van der Waals surface area contributed by atoms with Crippen LogP contribution in [-0.4, -0.2) is 34.8 Å². The van der Waals surface area contributed by atoms with Gasteiger partial charge in [-0.05, 0) is 19.1 Å². The molecule has 1 aromatic heterocycles. The Bertz CT molecular complexity index is 343. The van der Waals surface area contributed by atoms with Crippen molar-refractivity contribution in [1.82, 2.24) is 4.98 Å². The van der Waals surface area contributed by atoms with E-state index in [0.717, 1.165) is 12.2 Å². The highest BCUT2D eigenvalue weighted by atomic mass is 32.1. The number of nitrogens with two attached hydrogens (primary N) is 1. The molecule has 0 aliphatic heterocycles. The minimum absolute atomic E-state index is 0.0967. The Hall–Kier alpha value is -1.20. The number of hydrogen-bond acceptors (Lipinski definition) is 4. The number of rotatable bonds is 5. The topological polar surface area (TPSA) is 62.4 Å². The number of likely N-dealkylation sites (N-methyl/N-ethyl adjacent to an activating group) is 1. The maximum Gasteiger partial charge on any atom is 0.124 e. The van der Waals surface area contributed by atoms with Gasteiger partial charge in [-0.15, -0.1) is 0 Å². The first kappa shape index (κ1) is 11.9. The van der Waals surface area contributed by atoms with Gasteiger partial charge in [0, 0.05) is 19.3 Å². The van der Waals surface area contributed by atoms with E-state index in [-0.39, 0.29) is 11.6 Å². The first-order valence-electron chi connectivity index (χ1n) is 4.81. The summed E-state index contributed by atoms with van der Waals surface area (Å²) in [6.45, 7) is 3.44. The van der Waals surface area contributed by atoms with Gasteiger partial charge in [-0.3, -0.25) is 4.98 Å². The van der Waals surface area contributed by atoms with E-state index in [1.165, 1.54) is 0 Å². The van der Waals surface area contributed by atoms with Crippen LogP contribution >= 0.6 is 12.2 Å². The Balaban J connectivity index is 3.04. The second-order valence-electron chi connectivity index (χ2n) is 3.04. The lowest BCUT2D eigenvalue weighted by Crippen LogP contribution is -2.29. The van der Waals surface area contributed by atoms with Crippen LogP contribution in [0, 0.1) is 0 Å². The second-order valence-corrected chi connectivity index (χ2v) is 3.48. The average molecular weight is 225 g/mol. The summed E-state index contributed by atoms with van der Waals surface area (Å²) in [6.07, 6.45) is 1.66. The Morgan fingerprint density at radius 1 is 1.67 bits per heavy atom. The summed E-state index contributed by atoms with van der Waals surface area (Å²) in [5.41, 5.74) is 7.07. The first-order chi connectivity index (χ1) is 7.20. The van der Waals surface area contributed by atoms with Crippen LogP contribution in [0.4, 0.5) is 5.69 Å². The lowest BCUT2D eigenvalue weighted by Gasteiger charge is -2.23.